The van der Waals surface area contributed by atoms with Gasteiger partial charge in [-0.1, -0.05) is 23.2 Å². The van der Waals surface area contributed by atoms with Crippen molar-refractivity contribution in [1.29, 1.82) is 0 Å². The van der Waals surface area contributed by atoms with E-state index in [0.717, 1.165) is 0 Å². The van der Waals surface area contributed by atoms with E-state index in [0.29, 0.717) is 10.0 Å². The summed E-state index contributed by atoms with van der Waals surface area (Å²) in [5.74, 6) is 0. The van der Waals surface area contributed by atoms with Crippen molar-refractivity contribution in [3.63, 3.8) is 0 Å². The van der Waals surface area contributed by atoms with Crippen LogP contribution in [0.25, 0.3) is 0 Å². The number of aromatic nitrogens is 2. The maximum Gasteiger partial charge on any atom is 0.0810 e. The second-order valence-corrected chi connectivity index (χ2v) is 2.00. The van der Waals surface area contributed by atoms with Crippen LogP contribution in [0.4, 0.5) is 0 Å². The van der Waals surface area contributed by atoms with Crippen LogP contribution >= 0.6 is 35.6 Å². The van der Waals surface area contributed by atoms with Gasteiger partial charge in [0.2, 0.25) is 0 Å². The minimum absolute atomic E-state index is 0. The normalized spacial score (nSPS) is 8.22. The second kappa shape index (κ2) is 3.88. The minimum Gasteiger partial charge on any atom is -0.157 e. The molecule has 0 aliphatic heterocycles. The molecule has 1 rings (SSSR count). The first-order valence-corrected chi connectivity index (χ1v) is 2.68. The Balaban J connectivity index is 0.000000640. The summed E-state index contributed by atoms with van der Waals surface area (Å²) in [5, 5.41) is 7.82. The third-order valence-electron chi connectivity index (χ3n) is 0.637. The van der Waals surface area contributed by atoms with Crippen molar-refractivity contribution in [3.8, 4) is 0 Å². The van der Waals surface area contributed by atoms with Crippen molar-refractivity contribution in [1.82, 2.24) is 10.2 Å². The summed E-state index contributed by atoms with van der Waals surface area (Å²) >= 11 is 10.9. The Kier molecular flexibility index (Phi) is 3.86. The van der Waals surface area contributed by atoms with Gasteiger partial charge in [0.15, 0.2) is 0 Å². The highest BCUT2D eigenvalue weighted by Gasteiger charge is 1.91. The lowest BCUT2D eigenvalue weighted by molar-refractivity contribution is 1.03. The van der Waals surface area contributed by atoms with Crippen molar-refractivity contribution >= 4 is 35.6 Å². The van der Waals surface area contributed by atoms with E-state index in [-0.39, 0.29) is 12.4 Å². The second-order valence-electron chi connectivity index (χ2n) is 1.19. The van der Waals surface area contributed by atoms with E-state index < -0.39 is 0 Å². The van der Waals surface area contributed by atoms with Gasteiger partial charge in [-0.15, -0.1) is 12.4 Å². The van der Waals surface area contributed by atoms with Gasteiger partial charge in [0.05, 0.1) is 22.4 Å². The zero-order valence-corrected chi connectivity index (χ0v) is 6.54. The maximum absolute atomic E-state index is 5.47. The van der Waals surface area contributed by atoms with Crippen molar-refractivity contribution < 1.29 is 0 Å². The summed E-state index contributed by atoms with van der Waals surface area (Å²) in [5.41, 5.74) is 0. The average Bonchev–Trinajstić information content (AvgIpc) is 1.77. The lowest BCUT2D eigenvalue weighted by Gasteiger charge is -1.86. The highest BCUT2D eigenvalue weighted by atomic mass is 35.5. The van der Waals surface area contributed by atoms with Gasteiger partial charge >= 0.3 is 0 Å². The van der Waals surface area contributed by atoms with E-state index in [9.17, 15) is 0 Å². The first-order valence-electron chi connectivity index (χ1n) is 1.92. The number of rotatable bonds is 0. The largest absolute Gasteiger partial charge is 0.157 e. The number of nitrogens with zero attached hydrogens (tertiary/aromatic N) is 2. The Morgan fingerprint density at radius 1 is 1.00 bits per heavy atom. The summed E-state index contributed by atoms with van der Waals surface area (Å²) in [6.45, 7) is 0. The van der Waals surface area contributed by atoms with Gasteiger partial charge < -0.3 is 0 Å². The molecule has 0 aliphatic rings. The van der Waals surface area contributed by atoms with Crippen LogP contribution < -0.4 is 0 Å². The highest BCUT2D eigenvalue weighted by molar-refractivity contribution is 6.41. The standard InChI is InChI=1S/C4H2Cl2N2.ClH/c5-3-1-7-8-2-4(3)6;/h1-2H;1H. The molecule has 0 aliphatic carbocycles. The molecule has 0 amide bonds. The minimum atomic E-state index is 0. The van der Waals surface area contributed by atoms with Crippen LogP contribution in [0.3, 0.4) is 0 Å². The zero-order chi connectivity index (χ0) is 5.98. The summed E-state index contributed by atoms with van der Waals surface area (Å²) in [4.78, 5) is 0. The van der Waals surface area contributed by atoms with E-state index in [1.807, 2.05) is 0 Å². The van der Waals surface area contributed by atoms with Gasteiger partial charge in [0, 0.05) is 0 Å². The molecule has 0 atom stereocenters. The molecule has 0 aromatic carbocycles. The topological polar surface area (TPSA) is 25.8 Å². The molecule has 0 bridgehead atoms. The van der Waals surface area contributed by atoms with Crippen molar-refractivity contribution in [2.75, 3.05) is 0 Å². The van der Waals surface area contributed by atoms with Gasteiger partial charge in [-0.2, -0.15) is 10.2 Å². The van der Waals surface area contributed by atoms with E-state index in [4.69, 9.17) is 23.2 Å². The molecule has 0 saturated carbocycles. The molecule has 1 heterocycles. The smallest absolute Gasteiger partial charge is 0.0810 e. The molecule has 0 unspecified atom stereocenters. The summed E-state index contributed by atoms with van der Waals surface area (Å²) in [6, 6.07) is 0. The van der Waals surface area contributed by atoms with E-state index in [1.165, 1.54) is 12.4 Å². The summed E-state index contributed by atoms with van der Waals surface area (Å²) < 4.78 is 0. The maximum atomic E-state index is 5.47. The average molecular weight is 185 g/mol. The van der Waals surface area contributed by atoms with Crippen molar-refractivity contribution in [3.05, 3.63) is 22.4 Å². The molecule has 5 heteroatoms. The predicted molar refractivity (Wildman–Crippen MR) is 39.3 cm³/mol. The number of hydrogen-bond donors (Lipinski definition) is 0. The fraction of sp³-hybridized carbons (Fsp3) is 0. The van der Waals surface area contributed by atoms with E-state index >= 15 is 0 Å². The molecule has 0 radical (unpaired) electrons. The molecule has 9 heavy (non-hydrogen) atoms. The summed E-state index contributed by atoms with van der Waals surface area (Å²) in [7, 11) is 0. The molecule has 1 aromatic rings. The van der Waals surface area contributed by atoms with Crippen LogP contribution in [0.15, 0.2) is 12.4 Å². The molecule has 0 saturated heterocycles. The van der Waals surface area contributed by atoms with Crippen LogP contribution in [-0.2, 0) is 0 Å². The third-order valence-corrected chi connectivity index (χ3v) is 1.34. The van der Waals surface area contributed by atoms with Gasteiger partial charge in [-0.25, -0.2) is 0 Å². The van der Waals surface area contributed by atoms with E-state index in [1.54, 1.807) is 0 Å². The first-order chi connectivity index (χ1) is 3.80. The Morgan fingerprint density at radius 2 is 1.33 bits per heavy atom. The van der Waals surface area contributed by atoms with E-state index in [2.05, 4.69) is 10.2 Å². The predicted octanol–water partition coefficient (Wildman–Crippen LogP) is 2.21. The zero-order valence-electron chi connectivity index (χ0n) is 4.21. The monoisotopic (exact) mass is 184 g/mol. The van der Waals surface area contributed by atoms with Crippen LogP contribution in [-0.4, -0.2) is 10.2 Å². The highest BCUT2D eigenvalue weighted by Crippen LogP contribution is 2.16. The first kappa shape index (κ1) is 8.95. The number of hydrogen-bond acceptors (Lipinski definition) is 2. The Hall–Kier alpha value is -0.0500. The Bertz CT molecular complexity index is 170. The molecule has 50 valence electrons. The molecule has 0 fully saturated rings. The lowest BCUT2D eigenvalue weighted by atomic mass is 10.6. The molecule has 0 N–H and O–H groups in total. The number of halogens is 3. The SMILES string of the molecule is Cl.Clc1cnncc1Cl. The Labute approximate surface area is 68.6 Å². The fourth-order valence-corrected chi connectivity index (χ4v) is 0.476. The summed E-state index contributed by atoms with van der Waals surface area (Å²) in [6.07, 6.45) is 2.79. The molecule has 2 nitrogen and oxygen atoms in total. The van der Waals surface area contributed by atoms with Gasteiger partial charge in [0.1, 0.15) is 0 Å². The molecular formula is C4H3Cl3N2. The fourth-order valence-electron chi connectivity index (χ4n) is 0.291. The Morgan fingerprint density at radius 3 is 1.56 bits per heavy atom. The van der Waals surface area contributed by atoms with Crippen LogP contribution in [0, 0.1) is 0 Å². The van der Waals surface area contributed by atoms with Gasteiger partial charge in [-0.05, 0) is 0 Å². The van der Waals surface area contributed by atoms with Gasteiger partial charge in [-0.3, -0.25) is 0 Å². The van der Waals surface area contributed by atoms with Crippen molar-refractivity contribution in [2.45, 2.75) is 0 Å². The molecule has 0 spiro atoms. The third kappa shape index (κ3) is 2.35. The lowest BCUT2D eigenvalue weighted by Crippen LogP contribution is -1.76. The molecule has 1 aromatic heterocycles. The van der Waals surface area contributed by atoms with Gasteiger partial charge in [0.25, 0.3) is 0 Å². The van der Waals surface area contributed by atoms with Crippen LogP contribution in [0.1, 0.15) is 0 Å². The van der Waals surface area contributed by atoms with Crippen LogP contribution in [0.5, 0.6) is 0 Å². The van der Waals surface area contributed by atoms with Crippen LogP contribution in [0.2, 0.25) is 10.0 Å². The quantitative estimate of drug-likeness (QED) is 0.619. The van der Waals surface area contributed by atoms with Crippen molar-refractivity contribution in [2.24, 2.45) is 0 Å². The molecular weight excluding hydrogens is 182 g/mol.